The maximum absolute atomic E-state index is 11.9. The Hall–Kier alpha value is -3.36. The minimum Gasteiger partial charge on any atom is -0.484 e. The lowest BCUT2D eigenvalue weighted by molar-refractivity contribution is -0.123. The van der Waals surface area contributed by atoms with Gasteiger partial charge in [0.1, 0.15) is 5.75 Å². The maximum Gasteiger partial charge on any atom is 0.258 e. The van der Waals surface area contributed by atoms with Gasteiger partial charge >= 0.3 is 0 Å². The van der Waals surface area contributed by atoms with Crippen LogP contribution in [0.5, 0.6) is 5.75 Å². The van der Waals surface area contributed by atoms with Gasteiger partial charge in [0.2, 0.25) is 0 Å². The molecular weight excluding hydrogens is 328 g/mol. The smallest absolute Gasteiger partial charge is 0.258 e. The second kappa shape index (κ2) is 8.15. The van der Waals surface area contributed by atoms with Crippen LogP contribution in [0.2, 0.25) is 0 Å². The normalized spacial score (nSPS) is 11.5. The number of hydrogen-bond acceptors (Lipinski definition) is 4. The molecule has 0 heterocycles. The number of carbonyl (C=O) groups is 1. The third-order valence-corrected chi connectivity index (χ3v) is 3.98. The zero-order valence-corrected chi connectivity index (χ0v) is 14.1. The van der Waals surface area contributed by atoms with Crippen LogP contribution in [0.15, 0.2) is 66.7 Å². The van der Waals surface area contributed by atoms with Gasteiger partial charge in [0.05, 0.1) is 17.7 Å². The molecule has 0 fully saturated rings. The molecule has 2 N–H and O–H groups in total. The highest BCUT2D eigenvalue weighted by atomic mass is 16.5. The van der Waals surface area contributed by atoms with Gasteiger partial charge in [-0.2, -0.15) is 5.26 Å². The van der Waals surface area contributed by atoms with Gasteiger partial charge in [-0.15, -0.1) is 0 Å². The van der Waals surface area contributed by atoms with Gasteiger partial charge in [-0.05, 0) is 40.6 Å². The fourth-order valence-electron chi connectivity index (χ4n) is 2.60. The summed E-state index contributed by atoms with van der Waals surface area (Å²) >= 11 is 0. The van der Waals surface area contributed by atoms with Crippen molar-refractivity contribution in [2.24, 2.45) is 0 Å². The Balaban J connectivity index is 1.52. The molecule has 1 amide bonds. The number of rotatable bonds is 6. The van der Waals surface area contributed by atoms with Crippen LogP contribution in [-0.4, -0.2) is 24.2 Å². The van der Waals surface area contributed by atoms with Gasteiger partial charge in [0.25, 0.3) is 5.91 Å². The van der Waals surface area contributed by atoms with E-state index in [0.29, 0.717) is 11.3 Å². The van der Waals surface area contributed by atoms with Crippen molar-refractivity contribution in [2.45, 2.75) is 6.10 Å². The molecule has 0 aliphatic rings. The number of aliphatic hydroxyl groups is 1. The first-order valence-electron chi connectivity index (χ1n) is 8.22. The van der Waals surface area contributed by atoms with Crippen molar-refractivity contribution in [1.29, 1.82) is 5.26 Å². The molecule has 0 aromatic heterocycles. The Morgan fingerprint density at radius 3 is 2.69 bits per heavy atom. The molecular formula is C21H18N2O3. The van der Waals surface area contributed by atoms with Crippen molar-refractivity contribution in [1.82, 2.24) is 5.32 Å². The summed E-state index contributed by atoms with van der Waals surface area (Å²) in [6.45, 7) is -0.0852. The summed E-state index contributed by atoms with van der Waals surface area (Å²) in [5.41, 5.74) is 1.21. The average Bonchev–Trinajstić information content (AvgIpc) is 2.70. The Bertz CT molecular complexity index is 963. The molecule has 1 unspecified atom stereocenters. The van der Waals surface area contributed by atoms with Gasteiger partial charge in [-0.3, -0.25) is 4.79 Å². The first kappa shape index (κ1) is 17.5. The van der Waals surface area contributed by atoms with Crippen LogP contribution < -0.4 is 10.1 Å². The number of ether oxygens (including phenoxy) is 1. The summed E-state index contributed by atoms with van der Waals surface area (Å²) in [6, 6.07) is 22.2. The highest BCUT2D eigenvalue weighted by Gasteiger charge is 2.11. The molecule has 0 spiro atoms. The summed E-state index contributed by atoms with van der Waals surface area (Å²) < 4.78 is 5.36. The lowest BCUT2D eigenvalue weighted by Crippen LogP contribution is -2.32. The van der Waals surface area contributed by atoms with Gasteiger partial charge in [-0.1, -0.05) is 42.5 Å². The number of nitrogens with zero attached hydrogens (tertiary/aromatic N) is 1. The van der Waals surface area contributed by atoms with E-state index in [4.69, 9.17) is 10.00 Å². The van der Waals surface area contributed by atoms with Crippen LogP contribution in [0.4, 0.5) is 0 Å². The van der Waals surface area contributed by atoms with E-state index in [9.17, 15) is 9.90 Å². The lowest BCUT2D eigenvalue weighted by Gasteiger charge is -2.13. The summed E-state index contributed by atoms with van der Waals surface area (Å²) in [7, 11) is 0. The molecule has 0 aliphatic carbocycles. The van der Waals surface area contributed by atoms with Crippen molar-refractivity contribution in [3.8, 4) is 11.8 Å². The Morgan fingerprint density at radius 2 is 1.88 bits per heavy atom. The number of hydrogen-bond donors (Lipinski definition) is 2. The molecule has 1 atom stereocenters. The van der Waals surface area contributed by atoms with Crippen LogP contribution in [-0.2, 0) is 4.79 Å². The predicted octanol–water partition coefficient (Wildman–Crippen LogP) is 2.94. The molecule has 5 nitrogen and oxygen atoms in total. The monoisotopic (exact) mass is 346 g/mol. The second-order valence-electron chi connectivity index (χ2n) is 5.85. The zero-order chi connectivity index (χ0) is 18.4. The maximum atomic E-state index is 11.9. The predicted molar refractivity (Wildman–Crippen MR) is 98.6 cm³/mol. The minimum atomic E-state index is -0.800. The number of nitriles is 1. The van der Waals surface area contributed by atoms with Crippen LogP contribution in [0.25, 0.3) is 10.8 Å². The van der Waals surface area contributed by atoms with Crippen molar-refractivity contribution in [2.75, 3.05) is 13.2 Å². The summed E-state index contributed by atoms with van der Waals surface area (Å²) in [5, 5.41) is 23.9. The van der Waals surface area contributed by atoms with E-state index < -0.39 is 6.10 Å². The Morgan fingerprint density at radius 1 is 1.08 bits per heavy atom. The van der Waals surface area contributed by atoms with Crippen molar-refractivity contribution < 1.29 is 14.6 Å². The zero-order valence-electron chi connectivity index (χ0n) is 14.1. The number of nitrogens with one attached hydrogen (secondary N) is 1. The van der Waals surface area contributed by atoms with Gasteiger partial charge in [0.15, 0.2) is 6.61 Å². The van der Waals surface area contributed by atoms with Gasteiger partial charge in [0, 0.05) is 6.54 Å². The molecule has 0 radical (unpaired) electrons. The van der Waals surface area contributed by atoms with Crippen molar-refractivity contribution >= 4 is 16.7 Å². The van der Waals surface area contributed by atoms with E-state index in [1.54, 1.807) is 24.3 Å². The average molecular weight is 346 g/mol. The number of carbonyl (C=O) groups excluding carboxylic acids is 1. The standard InChI is InChI=1S/C21H18N2O3/c22-12-15-4-3-7-19(10-15)26-14-21(25)23-13-20(24)18-9-8-16-5-1-2-6-17(16)11-18/h1-11,20,24H,13-14H2,(H,23,25). The van der Waals surface area contributed by atoms with E-state index in [1.807, 2.05) is 48.5 Å². The molecule has 5 heteroatoms. The third-order valence-electron chi connectivity index (χ3n) is 3.98. The van der Waals surface area contributed by atoms with E-state index in [-0.39, 0.29) is 19.1 Å². The molecule has 0 aliphatic heterocycles. The molecule has 3 rings (SSSR count). The fourth-order valence-corrected chi connectivity index (χ4v) is 2.60. The number of fused-ring (bicyclic) bond motifs is 1. The van der Waals surface area contributed by atoms with Crippen LogP contribution in [0, 0.1) is 11.3 Å². The first-order chi connectivity index (χ1) is 12.7. The van der Waals surface area contributed by atoms with E-state index in [1.165, 1.54) is 0 Å². The molecule has 3 aromatic carbocycles. The second-order valence-corrected chi connectivity index (χ2v) is 5.85. The number of benzene rings is 3. The highest BCUT2D eigenvalue weighted by molar-refractivity contribution is 5.83. The summed E-state index contributed by atoms with van der Waals surface area (Å²) in [6.07, 6.45) is -0.800. The molecule has 26 heavy (non-hydrogen) atoms. The molecule has 3 aromatic rings. The molecule has 0 saturated heterocycles. The largest absolute Gasteiger partial charge is 0.484 e. The molecule has 0 saturated carbocycles. The highest BCUT2D eigenvalue weighted by Crippen LogP contribution is 2.20. The topological polar surface area (TPSA) is 82.3 Å². The SMILES string of the molecule is N#Cc1cccc(OCC(=O)NCC(O)c2ccc3ccccc3c2)c1. The van der Waals surface area contributed by atoms with Crippen LogP contribution >= 0.6 is 0 Å². The van der Waals surface area contributed by atoms with Crippen LogP contribution in [0.1, 0.15) is 17.2 Å². The summed E-state index contributed by atoms with van der Waals surface area (Å²) in [5.74, 6) is 0.112. The quantitative estimate of drug-likeness (QED) is 0.719. The fraction of sp³-hybridized carbons (Fsp3) is 0.143. The van der Waals surface area contributed by atoms with Crippen molar-refractivity contribution in [3.63, 3.8) is 0 Å². The van der Waals surface area contributed by atoms with E-state index >= 15 is 0 Å². The van der Waals surface area contributed by atoms with E-state index in [2.05, 4.69) is 5.32 Å². The third kappa shape index (κ3) is 4.38. The first-order valence-corrected chi connectivity index (χ1v) is 8.22. The van der Waals surface area contributed by atoms with E-state index in [0.717, 1.165) is 16.3 Å². The van der Waals surface area contributed by atoms with Crippen LogP contribution in [0.3, 0.4) is 0 Å². The Labute approximate surface area is 151 Å². The Kier molecular flexibility index (Phi) is 5.47. The molecule has 130 valence electrons. The lowest BCUT2D eigenvalue weighted by atomic mass is 10.0. The molecule has 0 bridgehead atoms. The summed E-state index contributed by atoms with van der Waals surface area (Å²) in [4.78, 5) is 11.9. The number of aliphatic hydroxyl groups excluding tert-OH is 1. The minimum absolute atomic E-state index is 0.0960. The van der Waals surface area contributed by atoms with Gasteiger partial charge < -0.3 is 15.2 Å². The van der Waals surface area contributed by atoms with Gasteiger partial charge in [-0.25, -0.2) is 0 Å². The number of amides is 1. The van der Waals surface area contributed by atoms with Crippen molar-refractivity contribution in [3.05, 3.63) is 77.9 Å².